The first-order valence-electron chi connectivity index (χ1n) is 6.79. The summed E-state index contributed by atoms with van der Waals surface area (Å²) in [5.74, 6) is 0.0104. The van der Waals surface area contributed by atoms with E-state index in [0.717, 1.165) is 16.9 Å². The molecule has 1 N–H and O–H groups in total. The molecule has 0 spiro atoms. The summed E-state index contributed by atoms with van der Waals surface area (Å²) in [4.78, 5) is 10.6. The van der Waals surface area contributed by atoms with Gasteiger partial charge in [-0.15, -0.1) is 0 Å². The summed E-state index contributed by atoms with van der Waals surface area (Å²) in [6.45, 7) is 1.50. The molecular weight excluding hydrogens is 268 g/mol. The van der Waals surface area contributed by atoms with E-state index in [1.54, 1.807) is 0 Å². The lowest BCUT2D eigenvalue weighted by molar-refractivity contribution is -0.136. The number of rotatable bonds is 8. The minimum atomic E-state index is -0.822. The minimum absolute atomic E-state index is 0.0477. The highest BCUT2D eigenvalue weighted by atomic mass is 16.5. The van der Waals surface area contributed by atoms with Gasteiger partial charge in [0, 0.05) is 0 Å². The number of hydrogen-bond donors (Lipinski definition) is 1. The van der Waals surface area contributed by atoms with E-state index in [-0.39, 0.29) is 6.42 Å². The molecule has 4 heteroatoms. The number of aliphatic carboxylic acids is 1. The largest absolute Gasteiger partial charge is 0.491 e. The summed E-state index contributed by atoms with van der Waals surface area (Å²) in [6, 6.07) is 17.0. The molecule has 0 amide bonds. The molecular formula is C17H18O4. The molecule has 0 saturated heterocycles. The normalized spacial score (nSPS) is 10.3. The standard InChI is InChI=1S/C17H18O4/c18-17(19)12-14-6-8-15(9-7-14)13-20-10-11-21-16-4-2-1-3-5-16/h1-9H,10-13H2,(H,18,19). The number of carbonyl (C=O) groups is 1. The second-order valence-corrected chi connectivity index (χ2v) is 4.60. The molecule has 2 rings (SSSR count). The van der Waals surface area contributed by atoms with Crippen LogP contribution < -0.4 is 4.74 Å². The van der Waals surface area contributed by atoms with Crippen molar-refractivity contribution >= 4 is 5.97 Å². The Hall–Kier alpha value is -2.33. The number of benzene rings is 2. The van der Waals surface area contributed by atoms with Crippen molar-refractivity contribution in [2.75, 3.05) is 13.2 Å². The van der Waals surface area contributed by atoms with Crippen LogP contribution in [0.3, 0.4) is 0 Å². The summed E-state index contributed by atoms with van der Waals surface area (Å²) in [5, 5.41) is 8.69. The quantitative estimate of drug-likeness (QED) is 0.758. The molecule has 0 aliphatic rings. The van der Waals surface area contributed by atoms with Crippen LogP contribution in [0, 0.1) is 0 Å². The van der Waals surface area contributed by atoms with Crippen LogP contribution in [0.25, 0.3) is 0 Å². The Labute approximate surface area is 123 Å². The molecule has 0 radical (unpaired) electrons. The maximum Gasteiger partial charge on any atom is 0.307 e. The van der Waals surface area contributed by atoms with E-state index >= 15 is 0 Å². The number of para-hydroxylation sites is 1. The van der Waals surface area contributed by atoms with Gasteiger partial charge in [-0.1, -0.05) is 42.5 Å². The highest BCUT2D eigenvalue weighted by molar-refractivity contribution is 5.70. The first-order valence-corrected chi connectivity index (χ1v) is 6.79. The van der Waals surface area contributed by atoms with Crippen molar-refractivity contribution in [2.45, 2.75) is 13.0 Å². The zero-order valence-electron chi connectivity index (χ0n) is 11.7. The molecule has 110 valence electrons. The third-order valence-corrected chi connectivity index (χ3v) is 2.89. The molecule has 0 unspecified atom stereocenters. The Morgan fingerprint density at radius 3 is 2.24 bits per heavy atom. The lowest BCUT2D eigenvalue weighted by atomic mass is 10.1. The lowest BCUT2D eigenvalue weighted by Gasteiger charge is -2.07. The number of hydrogen-bond acceptors (Lipinski definition) is 3. The molecule has 0 aliphatic heterocycles. The van der Waals surface area contributed by atoms with Crippen molar-refractivity contribution in [3.05, 3.63) is 65.7 Å². The maximum atomic E-state index is 10.6. The topological polar surface area (TPSA) is 55.8 Å². The highest BCUT2D eigenvalue weighted by Gasteiger charge is 2.00. The molecule has 2 aromatic rings. The summed E-state index contributed by atoms with van der Waals surface area (Å²) in [7, 11) is 0. The highest BCUT2D eigenvalue weighted by Crippen LogP contribution is 2.09. The first-order chi connectivity index (χ1) is 10.2. The third-order valence-electron chi connectivity index (χ3n) is 2.89. The van der Waals surface area contributed by atoms with Crippen molar-refractivity contribution in [3.63, 3.8) is 0 Å². The van der Waals surface area contributed by atoms with Gasteiger partial charge in [-0.3, -0.25) is 4.79 Å². The van der Waals surface area contributed by atoms with Crippen molar-refractivity contribution < 1.29 is 19.4 Å². The van der Waals surface area contributed by atoms with Gasteiger partial charge >= 0.3 is 5.97 Å². The fraction of sp³-hybridized carbons (Fsp3) is 0.235. The molecule has 0 aliphatic carbocycles. The van der Waals surface area contributed by atoms with Crippen LogP contribution in [0.1, 0.15) is 11.1 Å². The fourth-order valence-electron chi connectivity index (χ4n) is 1.85. The van der Waals surface area contributed by atoms with Crippen LogP contribution in [0.15, 0.2) is 54.6 Å². The van der Waals surface area contributed by atoms with Gasteiger partial charge in [-0.05, 0) is 23.3 Å². The van der Waals surface area contributed by atoms with E-state index in [0.29, 0.717) is 19.8 Å². The van der Waals surface area contributed by atoms with Crippen molar-refractivity contribution in [1.29, 1.82) is 0 Å². The zero-order valence-corrected chi connectivity index (χ0v) is 11.7. The van der Waals surface area contributed by atoms with Gasteiger partial charge in [-0.2, -0.15) is 0 Å². The van der Waals surface area contributed by atoms with Crippen LogP contribution in [-0.2, 0) is 22.6 Å². The van der Waals surface area contributed by atoms with E-state index in [4.69, 9.17) is 14.6 Å². The second kappa shape index (κ2) is 8.07. The molecule has 4 nitrogen and oxygen atoms in total. The van der Waals surface area contributed by atoms with E-state index < -0.39 is 5.97 Å². The van der Waals surface area contributed by atoms with Crippen molar-refractivity contribution in [3.8, 4) is 5.75 Å². The molecule has 21 heavy (non-hydrogen) atoms. The predicted molar refractivity (Wildman–Crippen MR) is 79.4 cm³/mol. The monoisotopic (exact) mass is 286 g/mol. The Kier molecular flexibility index (Phi) is 5.79. The molecule has 0 heterocycles. The van der Waals surface area contributed by atoms with Gasteiger partial charge in [0.05, 0.1) is 19.6 Å². The predicted octanol–water partition coefficient (Wildman–Crippen LogP) is 2.91. The van der Waals surface area contributed by atoms with Gasteiger partial charge in [0.15, 0.2) is 0 Å². The van der Waals surface area contributed by atoms with Crippen LogP contribution in [0.2, 0.25) is 0 Å². The van der Waals surface area contributed by atoms with Crippen LogP contribution in [-0.4, -0.2) is 24.3 Å². The summed E-state index contributed by atoms with van der Waals surface area (Å²) in [6.07, 6.45) is 0.0477. The van der Waals surface area contributed by atoms with E-state index in [1.807, 2.05) is 54.6 Å². The SMILES string of the molecule is O=C(O)Cc1ccc(COCCOc2ccccc2)cc1. The second-order valence-electron chi connectivity index (χ2n) is 4.60. The minimum Gasteiger partial charge on any atom is -0.491 e. The van der Waals surface area contributed by atoms with Crippen LogP contribution >= 0.6 is 0 Å². The molecule has 2 aromatic carbocycles. The molecule has 0 bridgehead atoms. The zero-order chi connectivity index (χ0) is 14.9. The van der Waals surface area contributed by atoms with E-state index in [9.17, 15) is 4.79 Å². The van der Waals surface area contributed by atoms with Gasteiger partial charge in [-0.25, -0.2) is 0 Å². The van der Waals surface area contributed by atoms with Gasteiger partial charge < -0.3 is 14.6 Å². The van der Waals surface area contributed by atoms with Gasteiger partial charge in [0.2, 0.25) is 0 Å². The average molecular weight is 286 g/mol. The number of ether oxygens (including phenoxy) is 2. The molecule has 0 fully saturated rings. The Balaban J connectivity index is 1.65. The Morgan fingerprint density at radius 1 is 0.905 bits per heavy atom. The average Bonchev–Trinajstić information content (AvgIpc) is 2.49. The fourth-order valence-corrected chi connectivity index (χ4v) is 1.85. The summed E-state index contributed by atoms with van der Waals surface area (Å²) < 4.78 is 11.0. The van der Waals surface area contributed by atoms with E-state index in [2.05, 4.69) is 0 Å². The van der Waals surface area contributed by atoms with Gasteiger partial charge in [0.1, 0.15) is 12.4 Å². The smallest absolute Gasteiger partial charge is 0.307 e. The maximum absolute atomic E-state index is 10.6. The van der Waals surface area contributed by atoms with Crippen molar-refractivity contribution in [2.24, 2.45) is 0 Å². The number of carboxylic acid groups (broad SMARTS) is 1. The number of carboxylic acids is 1. The van der Waals surface area contributed by atoms with Crippen LogP contribution in [0.5, 0.6) is 5.75 Å². The Morgan fingerprint density at radius 2 is 1.57 bits per heavy atom. The van der Waals surface area contributed by atoms with Crippen LogP contribution in [0.4, 0.5) is 0 Å². The molecule has 0 saturated carbocycles. The summed E-state index contributed by atoms with van der Waals surface area (Å²) >= 11 is 0. The lowest BCUT2D eigenvalue weighted by Crippen LogP contribution is -2.06. The molecule has 0 aromatic heterocycles. The third kappa shape index (κ3) is 5.67. The summed E-state index contributed by atoms with van der Waals surface area (Å²) in [5.41, 5.74) is 1.81. The van der Waals surface area contributed by atoms with Gasteiger partial charge in [0.25, 0.3) is 0 Å². The first kappa shape index (κ1) is 15.1. The van der Waals surface area contributed by atoms with Crippen molar-refractivity contribution in [1.82, 2.24) is 0 Å². The molecule has 0 atom stereocenters. The van der Waals surface area contributed by atoms with E-state index in [1.165, 1.54) is 0 Å². The Bertz CT molecular complexity index is 549.